The zero-order valence-corrected chi connectivity index (χ0v) is 41.0. The normalized spacial score (nSPS) is 11.6. The predicted octanol–water partition coefficient (Wildman–Crippen LogP) is 16.8. The Hall–Kier alpha value is -4.20. The predicted molar refractivity (Wildman–Crippen MR) is 270 cm³/mol. The van der Waals surface area contributed by atoms with Crippen molar-refractivity contribution in [1.82, 2.24) is 9.97 Å². The topological polar surface area (TPSA) is 81.2 Å². The number of nitrogens with zero attached hydrogens (tertiary/aromatic N) is 2. The van der Waals surface area contributed by atoms with Crippen molar-refractivity contribution < 1.29 is 28.4 Å². The van der Waals surface area contributed by atoms with Crippen LogP contribution in [0.1, 0.15) is 196 Å². The summed E-state index contributed by atoms with van der Waals surface area (Å²) in [5, 5.41) is 4.00. The molecule has 0 radical (unpaired) electrons. The first-order chi connectivity index (χ1) is 31.6. The van der Waals surface area contributed by atoms with E-state index in [1.807, 2.05) is 12.1 Å². The molecular formula is C56H84N2O6. The third-order valence-electron chi connectivity index (χ3n) is 12.2. The molecule has 0 unspecified atom stereocenters. The first-order valence-electron chi connectivity index (χ1n) is 26.1. The Kier molecular flexibility index (Phi) is 23.3. The van der Waals surface area contributed by atoms with Gasteiger partial charge in [-0.2, -0.15) is 0 Å². The van der Waals surface area contributed by atoms with E-state index in [1.165, 1.54) is 77.0 Å². The molecule has 0 spiro atoms. The number of aromatic nitrogens is 2. The summed E-state index contributed by atoms with van der Waals surface area (Å²) in [4.78, 5) is 11.0. The van der Waals surface area contributed by atoms with Gasteiger partial charge in [-0.3, -0.25) is 0 Å². The van der Waals surface area contributed by atoms with E-state index in [-0.39, 0.29) is 0 Å². The minimum absolute atomic E-state index is 0.632. The summed E-state index contributed by atoms with van der Waals surface area (Å²) < 4.78 is 39.5. The number of hydrogen-bond donors (Lipinski definition) is 0. The van der Waals surface area contributed by atoms with Gasteiger partial charge < -0.3 is 28.4 Å². The Balaban J connectivity index is 1.72. The summed E-state index contributed by atoms with van der Waals surface area (Å²) in [5.74, 6) is 4.51. The van der Waals surface area contributed by atoms with Crippen LogP contribution in [0.25, 0.3) is 43.6 Å². The number of benzene rings is 4. The SMILES string of the molecule is CCCCCCOc1cc2nc3c4cc(OCCCCCC)c(OCCCCCC)cc4c4cc(OCCCCCC)c(OCCCCCC)cc4c3nc2cc1OCCCCCC. The quantitative estimate of drug-likeness (QED) is 0.0224. The molecule has 64 heavy (non-hydrogen) atoms. The molecule has 8 nitrogen and oxygen atoms in total. The van der Waals surface area contributed by atoms with Crippen molar-refractivity contribution in [1.29, 1.82) is 0 Å². The summed E-state index contributed by atoms with van der Waals surface area (Å²) in [6, 6.07) is 12.8. The van der Waals surface area contributed by atoms with Crippen LogP contribution in [0.15, 0.2) is 36.4 Å². The summed E-state index contributed by atoms with van der Waals surface area (Å²) in [6.07, 6.45) is 27.2. The number of rotatable bonds is 36. The molecule has 8 heteroatoms. The first kappa shape index (κ1) is 50.8. The van der Waals surface area contributed by atoms with Gasteiger partial charge in [0.2, 0.25) is 0 Å². The summed E-state index contributed by atoms with van der Waals surface area (Å²) in [5.41, 5.74) is 3.16. The van der Waals surface area contributed by atoms with Gasteiger partial charge in [0, 0.05) is 22.9 Å². The van der Waals surface area contributed by atoms with Gasteiger partial charge in [-0.1, -0.05) is 157 Å². The van der Waals surface area contributed by atoms with E-state index in [1.54, 1.807) is 0 Å². The molecule has 0 fully saturated rings. The van der Waals surface area contributed by atoms with E-state index < -0.39 is 0 Å². The molecule has 5 aromatic rings. The van der Waals surface area contributed by atoms with Crippen molar-refractivity contribution in [2.75, 3.05) is 39.6 Å². The van der Waals surface area contributed by atoms with Crippen LogP contribution in [0.3, 0.4) is 0 Å². The Morgan fingerprint density at radius 3 is 0.719 bits per heavy atom. The Labute approximate surface area is 386 Å². The molecule has 0 aliphatic rings. The number of unbranched alkanes of at least 4 members (excludes halogenated alkanes) is 18. The Morgan fingerprint density at radius 2 is 0.484 bits per heavy atom. The molecular weight excluding hydrogens is 797 g/mol. The van der Waals surface area contributed by atoms with Crippen molar-refractivity contribution in [3.8, 4) is 34.5 Å². The van der Waals surface area contributed by atoms with Crippen LogP contribution in [0, 0.1) is 0 Å². The lowest BCUT2D eigenvalue weighted by molar-refractivity contribution is 0.259. The minimum Gasteiger partial charge on any atom is -0.490 e. The number of fused-ring (bicyclic) bond motifs is 7. The zero-order chi connectivity index (χ0) is 45.2. The highest BCUT2D eigenvalue weighted by molar-refractivity contribution is 6.25. The highest BCUT2D eigenvalue weighted by Crippen LogP contribution is 2.45. The average molecular weight is 881 g/mol. The largest absolute Gasteiger partial charge is 0.490 e. The van der Waals surface area contributed by atoms with Crippen molar-refractivity contribution in [2.45, 2.75) is 196 Å². The van der Waals surface area contributed by atoms with E-state index in [0.29, 0.717) is 39.6 Å². The van der Waals surface area contributed by atoms with Crippen molar-refractivity contribution in [3.63, 3.8) is 0 Å². The fraction of sp³-hybridized carbons (Fsp3) is 0.643. The fourth-order valence-corrected chi connectivity index (χ4v) is 8.34. The highest BCUT2D eigenvalue weighted by atomic mass is 16.5. The van der Waals surface area contributed by atoms with Crippen molar-refractivity contribution in [3.05, 3.63) is 36.4 Å². The van der Waals surface area contributed by atoms with E-state index in [4.69, 9.17) is 38.4 Å². The smallest absolute Gasteiger partial charge is 0.163 e. The van der Waals surface area contributed by atoms with Gasteiger partial charge in [0.25, 0.3) is 0 Å². The second kappa shape index (κ2) is 29.4. The van der Waals surface area contributed by atoms with Crippen LogP contribution in [0.2, 0.25) is 0 Å². The van der Waals surface area contributed by atoms with Gasteiger partial charge in [0.1, 0.15) is 0 Å². The lowest BCUT2D eigenvalue weighted by atomic mass is 9.97. The molecule has 0 bridgehead atoms. The second-order valence-corrected chi connectivity index (χ2v) is 17.9. The maximum absolute atomic E-state index is 6.64. The van der Waals surface area contributed by atoms with Gasteiger partial charge in [-0.15, -0.1) is 0 Å². The van der Waals surface area contributed by atoms with Gasteiger partial charge in [0.05, 0.1) is 61.7 Å². The fourth-order valence-electron chi connectivity index (χ4n) is 8.34. The van der Waals surface area contributed by atoms with E-state index in [2.05, 4.69) is 65.8 Å². The lowest BCUT2D eigenvalue weighted by Gasteiger charge is -2.19. The lowest BCUT2D eigenvalue weighted by Crippen LogP contribution is -2.05. The van der Waals surface area contributed by atoms with Crippen LogP contribution in [0.4, 0.5) is 0 Å². The molecule has 0 saturated heterocycles. The summed E-state index contributed by atoms with van der Waals surface area (Å²) in [6.45, 7) is 17.3. The summed E-state index contributed by atoms with van der Waals surface area (Å²) >= 11 is 0. The molecule has 0 aliphatic carbocycles. The molecule has 0 amide bonds. The van der Waals surface area contributed by atoms with E-state index >= 15 is 0 Å². The molecule has 1 aromatic heterocycles. The standard InChI is InChI=1S/C56H84N2O6/c1-7-13-19-25-31-59-49-37-43-44-38-50(60-32-26-20-14-8-2)52(62-34-28-22-16-10-4)40-46(44)56-55(45(43)39-51(49)61-33-27-21-15-9-3)57-47-41-53(63-35-29-23-17-11-5)54(42-48(47)58-56)64-36-30-24-18-12-6/h37-42H,7-36H2,1-6H3. The Bertz CT molecular complexity index is 1950. The zero-order valence-electron chi connectivity index (χ0n) is 41.0. The number of ether oxygens (including phenoxy) is 6. The molecule has 0 aliphatic heterocycles. The average Bonchev–Trinajstić information content (AvgIpc) is 3.30. The molecule has 0 atom stereocenters. The number of hydrogen-bond acceptors (Lipinski definition) is 8. The van der Waals surface area contributed by atoms with Crippen LogP contribution in [-0.4, -0.2) is 49.6 Å². The Morgan fingerprint density at radius 1 is 0.266 bits per heavy atom. The monoisotopic (exact) mass is 881 g/mol. The van der Waals surface area contributed by atoms with Gasteiger partial charge in [0.15, 0.2) is 34.5 Å². The van der Waals surface area contributed by atoms with Crippen LogP contribution in [0.5, 0.6) is 34.5 Å². The van der Waals surface area contributed by atoms with Crippen LogP contribution in [-0.2, 0) is 0 Å². The minimum atomic E-state index is 0.632. The maximum atomic E-state index is 6.64. The molecule has 1 heterocycles. The van der Waals surface area contributed by atoms with E-state index in [9.17, 15) is 0 Å². The third-order valence-corrected chi connectivity index (χ3v) is 12.2. The van der Waals surface area contributed by atoms with Crippen LogP contribution >= 0.6 is 0 Å². The summed E-state index contributed by atoms with van der Waals surface area (Å²) in [7, 11) is 0. The van der Waals surface area contributed by atoms with Gasteiger partial charge in [-0.05, 0) is 73.6 Å². The molecule has 354 valence electrons. The molecule has 0 N–H and O–H groups in total. The highest BCUT2D eigenvalue weighted by Gasteiger charge is 2.21. The van der Waals surface area contributed by atoms with Crippen LogP contribution < -0.4 is 28.4 Å². The first-order valence-corrected chi connectivity index (χ1v) is 26.1. The maximum Gasteiger partial charge on any atom is 0.163 e. The molecule has 4 aromatic carbocycles. The van der Waals surface area contributed by atoms with Gasteiger partial charge in [-0.25, -0.2) is 9.97 Å². The van der Waals surface area contributed by atoms with E-state index in [0.717, 1.165) is 155 Å². The second-order valence-electron chi connectivity index (χ2n) is 17.9. The van der Waals surface area contributed by atoms with Crippen molar-refractivity contribution >= 4 is 43.6 Å². The van der Waals surface area contributed by atoms with Crippen molar-refractivity contribution in [2.24, 2.45) is 0 Å². The molecule has 5 rings (SSSR count). The third kappa shape index (κ3) is 15.5. The van der Waals surface area contributed by atoms with Gasteiger partial charge >= 0.3 is 0 Å². The molecule has 0 saturated carbocycles.